The lowest BCUT2D eigenvalue weighted by molar-refractivity contribution is -0.146. The van der Waals surface area contributed by atoms with Crippen molar-refractivity contribution in [1.82, 2.24) is 0 Å². The summed E-state index contributed by atoms with van der Waals surface area (Å²) in [6.07, 6.45) is -0.601. The molecule has 0 aliphatic carbocycles. The zero-order valence-corrected chi connectivity index (χ0v) is 10.4. The summed E-state index contributed by atoms with van der Waals surface area (Å²) in [7, 11) is 0. The highest BCUT2D eigenvalue weighted by atomic mass is 16.6. The molecule has 0 spiro atoms. The Morgan fingerprint density at radius 3 is 2.32 bits per heavy atom. The van der Waals surface area contributed by atoms with Crippen LogP contribution in [-0.2, 0) is 20.9 Å². The molecule has 2 aromatic rings. The highest BCUT2D eigenvalue weighted by molar-refractivity contribution is 5.78. The van der Waals surface area contributed by atoms with E-state index in [0.29, 0.717) is 6.61 Å². The van der Waals surface area contributed by atoms with Crippen LogP contribution in [0.5, 0.6) is 0 Å². The van der Waals surface area contributed by atoms with E-state index in [1.807, 2.05) is 60.7 Å². The highest BCUT2D eigenvalue weighted by Crippen LogP contribution is 2.39. The first-order valence-corrected chi connectivity index (χ1v) is 6.25. The van der Waals surface area contributed by atoms with Crippen LogP contribution < -0.4 is 0 Å². The van der Waals surface area contributed by atoms with Crippen molar-refractivity contribution in [1.29, 1.82) is 0 Å². The molecule has 0 radical (unpaired) electrons. The first-order valence-electron chi connectivity index (χ1n) is 6.25. The van der Waals surface area contributed by atoms with Crippen LogP contribution in [0, 0.1) is 0 Å². The maximum absolute atomic E-state index is 11.8. The molecule has 1 fully saturated rings. The summed E-state index contributed by atoms with van der Waals surface area (Å²) in [5, 5.41) is 0. The van der Waals surface area contributed by atoms with E-state index in [2.05, 4.69) is 0 Å². The van der Waals surface area contributed by atoms with E-state index in [-0.39, 0.29) is 12.1 Å². The van der Waals surface area contributed by atoms with Crippen molar-refractivity contribution in [3.8, 4) is 0 Å². The first kappa shape index (κ1) is 11.9. The molecule has 2 atom stereocenters. The molecule has 1 saturated heterocycles. The average Bonchev–Trinajstić information content (AvgIpc) is 3.27. The van der Waals surface area contributed by atoms with Crippen LogP contribution in [0.1, 0.15) is 17.2 Å². The molecule has 3 rings (SSSR count). The maximum atomic E-state index is 11.8. The molecule has 2 aromatic carbocycles. The molecule has 0 amide bonds. The van der Waals surface area contributed by atoms with Crippen molar-refractivity contribution in [3.05, 3.63) is 71.8 Å². The lowest BCUT2D eigenvalue weighted by Crippen LogP contribution is -2.12. The Balaban J connectivity index is 1.53. The van der Waals surface area contributed by atoms with Crippen LogP contribution in [-0.4, -0.2) is 12.1 Å². The van der Waals surface area contributed by atoms with Gasteiger partial charge in [0.1, 0.15) is 12.7 Å². The number of esters is 1. The normalized spacial score (nSPS) is 20.8. The summed E-state index contributed by atoms with van der Waals surface area (Å²) in [5.74, 6) is -0.294. The van der Waals surface area contributed by atoms with Gasteiger partial charge in [0.2, 0.25) is 0 Å². The molecular weight excluding hydrogens is 240 g/mol. The molecule has 19 heavy (non-hydrogen) atoms. The van der Waals surface area contributed by atoms with E-state index < -0.39 is 6.10 Å². The van der Waals surface area contributed by atoms with Crippen molar-refractivity contribution >= 4 is 5.97 Å². The van der Waals surface area contributed by atoms with E-state index in [1.54, 1.807) is 0 Å². The molecule has 0 N–H and O–H groups in total. The van der Waals surface area contributed by atoms with E-state index >= 15 is 0 Å². The third kappa shape index (κ3) is 2.83. The molecule has 0 aromatic heterocycles. The molecule has 96 valence electrons. The Kier molecular flexibility index (Phi) is 3.29. The van der Waals surface area contributed by atoms with E-state index in [4.69, 9.17) is 9.47 Å². The molecule has 0 bridgehead atoms. The lowest BCUT2D eigenvalue weighted by Gasteiger charge is -2.02. The Hall–Kier alpha value is -2.13. The predicted molar refractivity (Wildman–Crippen MR) is 70.3 cm³/mol. The maximum Gasteiger partial charge on any atom is 0.338 e. The molecule has 0 saturated carbocycles. The minimum atomic E-state index is -0.453. The number of hydrogen-bond donors (Lipinski definition) is 0. The number of hydrogen-bond acceptors (Lipinski definition) is 3. The average molecular weight is 254 g/mol. The summed E-state index contributed by atoms with van der Waals surface area (Å²) < 4.78 is 10.6. The van der Waals surface area contributed by atoms with E-state index in [9.17, 15) is 4.79 Å². The van der Waals surface area contributed by atoms with Gasteiger partial charge in [-0.25, -0.2) is 4.79 Å². The SMILES string of the molecule is O=C(OCc1ccccc1)[C@H]1O[C@@H]1c1ccccc1. The number of epoxide rings is 1. The largest absolute Gasteiger partial charge is 0.459 e. The van der Waals surface area contributed by atoms with Crippen LogP contribution in [0.25, 0.3) is 0 Å². The number of carbonyl (C=O) groups excluding carboxylic acids is 1. The van der Waals surface area contributed by atoms with Crippen molar-refractivity contribution in [2.45, 2.75) is 18.8 Å². The van der Waals surface area contributed by atoms with Crippen LogP contribution in [0.4, 0.5) is 0 Å². The van der Waals surface area contributed by atoms with Crippen molar-refractivity contribution in [2.75, 3.05) is 0 Å². The molecule has 1 aliphatic rings. The van der Waals surface area contributed by atoms with E-state index in [1.165, 1.54) is 0 Å². The Bertz CT molecular complexity index is 551. The fourth-order valence-electron chi connectivity index (χ4n) is 2.00. The standard InChI is InChI=1S/C16H14O3/c17-16(18-11-12-7-3-1-4-8-12)15-14(19-15)13-9-5-2-6-10-13/h1-10,14-15H,11H2/t14-,15+/m1/s1. The third-order valence-electron chi connectivity index (χ3n) is 3.08. The van der Waals surface area contributed by atoms with Crippen LogP contribution in [0.3, 0.4) is 0 Å². The van der Waals surface area contributed by atoms with Crippen molar-refractivity contribution < 1.29 is 14.3 Å². The van der Waals surface area contributed by atoms with Crippen LogP contribution in [0.15, 0.2) is 60.7 Å². The van der Waals surface area contributed by atoms with Gasteiger partial charge in [0.15, 0.2) is 6.10 Å². The fourth-order valence-corrected chi connectivity index (χ4v) is 2.00. The molecule has 1 aliphatic heterocycles. The van der Waals surface area contributed by atoms with Gasteiger partial charge in [0.25, 0.3) is 0 Å². The Morgan fingerprint density at radius 2 is 1.63 bits per heavy atom. The molecule has 0 unspecified atom stereocenters. The molecular formula is C16H14O3. The van der Waals surface area contributed by atoms with Gasteiger partial charge in [-0.2, -0.15) is 0 Å². The van der Waals surface area contributed by atoms with Gasteiger partial charge in [-0.05, 0) is 11.1 Å². The number of rotatable bonds is 4. The summed E-state index contributed by atoms with van der Waals surface area (Å²) in [5.41, 5.74) is 2.00. The summed E-state index contributed by atoms with van der Waals surface area (Å²) in [6, 6.07) is 19.3. The quantitative estimate of drug-likeness (QED) is 0.622. The minimum Gasteiger partial charge on any atom is -0.459 e. The van der Waals surface area contributed by atoms with Gasteiger partial charge in [-0.15, -0.1) is 0 Å². The van der Waals surface area contributed by atoms with Gasteiger partial charge in [-0.1, -0.05) is 60.7 Å². The third-order valence-corrected chi connectivity index (χ3v) is 3.08. The zero-order chi connectivity index (χ0) is 13.1. The second-order valence-electron chi connectivity index (χ2n) is 4.48. The van der Waals surface area contributed by atoms with Crippen LogP contribution >= 0.6 is 0 Å². The van der Waals surface area contributed by atoms with Crippen molar-refractivity contribution in [3.63, 3.8) is 0 Å². The summed E-state index contributed by atoms with van der Waals surface area (Å²) in [6.45, 7) is 0.293. The summed E-state index contributed by atoms with van der Waals surface area (Å²) >= 11 is 0. The van der Waals surface area contributed by atoms with Gasteiger partial charge in [0, 0.05) is 0 Å². The van der Waals surface area contributed by atoms with Gasteiger partial charge in [-0.3, -0.25) is 0 Å². The predicted octanol–water partition coefficient (Wildman–Crippen LogP) is 2.87. The molecule has 3 nitrogen and oxygen atoms in total. The van der Waals surface area contributed by atoms with Gasteiger partial charge in [0.05, 0.1) is 0 Å². The lowest BCUT2D eigenvalue weighted by atomic mass is 10.1. The number of carbonyl (C=O) groups is 1. The van der Waals surface area contributed by atoms with Crippen molar-refractivity contribution in [2.24, 2.45) is 0 Å². The Labute approximate surface area is 111 Å². The Morgan fingerprint density at radius 1 is 1.00 bits per heavy atom. The number of ether oxygens (including phenoxy) is 2. The summed E-state index contributed by atoms with van der Waals surface area (Å²) in [4.78, 5) is 11.8. The first-order chi connectivity index (χ1) is 9.34. The number of benzene rings is 2. The topological polar surface area (TPSA) is 38.8 Å². The fraction of sp³-hybridized carbons (Fsp3) is 0.188. The van der Waals surface area contributed by atoms with Gasteiger partial charge < -0.3 is 9.47 Å². The van der Waals surface area contributed by atoms with Crippen LogP contribution in [0.2, 0.25) is 0 Å². The monoisotopic (exact) mass is 254 g/mol. The zero-order valence-electron chi connectivity index (χ0n) is 10.4. The molecule has 1 heterocycles. The second-order valence-corrected chi connectivity index (χ2v) is 4.48. The minimum absolute atomic E-state index is 0.149. The highest BCUT2D eigenvalue weighted by Gasteiger charge is 2.47. The second kappa shape index (κ2) is 5.24. The molecule has 3 heteroatoms. The van der Waals surface area contributed by atoms with E-state index in [0.717, 1.165) is 11.1 Å². The smallest absolute Gasteiger partial charge is 0.338 e. The van der Waals surface area contributed by atoms with Gasteiger partial charge >= 0.3 is 5.97 Å².